The van der Waals surface area contributed by atoms with Gasteiger partial charge in [-0.15, -0.1) is 0 Å². The number of halogens is 2. The van der Waals surface area contributed by atoms with Gasteiger partial charge >= 0.3 is 0 Å². The van der Waals surface area contributed by atoms with Crippen molar-refractivity contribution in [3.63, 3.8) is 0 Å². The number of rotatable bonds is 4. The summed E-state index contributed by atoms with van der Waals surface area (Å²) in [6.07, 6.45) is 0.578. The van der Waals surface area contributed by atoms with Gasteiger partial charge in [0.15, 0.2) is 0 Å². The van der Waals surface area contributed by atoms with E-state index in [2.05, 4.69) is 0 Å². The molecule has 0 aromatic rings. The van der Waals surface area contributed by atoms with E-state index in [-0.39, 0.29) is 12.2 Å². The van der Waals surface area contributed by atoms with Crippen LogP contribution in [-0.4, -0.2) is 20.8 Å². The van der Waals surface area contributed by atoms with Crippen molar-refractivity contribution in [2.45, 2.75) is 12.8 Å². The van der Waals surface area contributed by atoms with Crippen molar-refractivity contribution in [1.29, 1.82) is 0 Å². The van der Waals surface area contributed by atoms with Gasteiger partial charge < -0.3 is 0 Å². The third kappa shape index (κ3) is 8.17. The number of hydrogen-bond acceptors (Lipinski definition) is 2. The Morgan fingerprint density at radius 2 is 1.89 bits per heavy atom. The van der Waals surface area contributed by atoms with Crippen LogP contribution in [0.3, 0.4) is 0 Å². The first kappa shape index (κ1) is 9.17. The molecule has 5 heteroatoms. The van der Waals surface area contributed by atoms with Crippen LogP contribution in [0.5, 0.6) is 0 Å². The van der Waals surface area contributed by atoms with E-state index in [9.17, 15) is 12.8 Å². The highest BCUT2D eigenvalue weighted by atomic mass is 35.7. The first-order valence-corrected chi connectivity index (χ1v) is 5.02. The largest absolute Gasteiger partial charge is 0.251 e. The van der Waals surface area contributed by atoms with E-state index in [4.69, 9.17) is 10.7 Å². The molecule has 0 radical (unpaired) electrons. The van der Waals surface area contributed by atoms with Crippen LogP contribution in [0.4, 0.5) is 4.39 Å². The molecule has 2 nitrogen and oxygen atoms in total. The fraction of sp³-hybridized carbons (Fsp3) is 1.00. The smallest absolute Gasteiger partial charge is 0.232 e. The van der Waals surface area contributed by atoms with Crippen LogP contribution in [0, 0.1) is 0 Å². The lowest BCUT2D eigenvalue weighted by molar-refractivity contribution is 0.469. The summed E-state index contributed by atoms with van der Waals surface area (Å²) in [5, 5.41) is 0. The van der Waals surface area contributed by atoms with Gasteiger partial charge in [0.25, 0.3) is 0 Å². The quantitative estimate of drug-likeness (QED) is 0.476. The summed E-state index contributed by atoms with van der Waals surface area (Å²) in [7, 11) is 1.43. The third-order valence-corrected chi connectivity index (χ3v) is 2.01. The minimum Gasteiger partial charge on any atom is -0.251 e. The molecule has 0 rings (SSSR count). The normalized spacial score (nSPS) is 11.8. The van der Waals surface area contributed by atoms with Crippen LogP contribution in [0.2, 0.25) is 0 Å². The minimum atomic E-state index is -3.39. The SMILES string of the molecule is O=S(=O)(Cl)CCCCF. The second kappa shape index (κ2) is 4.06. The molecule has 0 spiro atoms. The maximum absolute atomic E-state index is 11.3. The monoisotopic (exact) mass is 174 g/mol. The van der Waals surface area contributed by atoms with Crippen molar-refractivity contribution in [3.8, 4) is 0 Å². The molecule has 0 aromatic heterocycles. The average molecular weight is 175 g/mol. The molecule has 0 saturated carbocycles. The van der Waals surface area contributed by atoms with Gasteiger partial charge in [-0.05, 0) is 12.8 Å². The standard InChI is InChI=1S/C4H8ClFO2S/c5-9(7,8)4-2-1-3-6/h1-4H2. The highest BCUT2D eigenvalue weighted by Gasteiger charge is 2.02. The van der Waals surface area contributed by atoms with Crippen molar-refractivity contribution in [3.05, 3.63) is 0 Å². The molecule has 56 valence electrons. The Bertz CT molecular complexity index is 154. The van der Waals surface area contributed by atoms with E-state index in [1.54, 1.807) is 0 Å². The average Bonchev–Trinajstić information content (AvgIpc) is 1.63. The molecule has 0 aliphatic carbocycles. The van der Waals surface area contributed by atoms with E-state index < -0.39 is 15.7 Å². The molecule has 0 fully saturated rings. The van der Waals surface area contributed by atoms with Crippen LogP contribution >= 0.6 is 10.7 Å². The van der Waals surface area contributed by atoms with Crippen molar-refractivity contribution in [2.24, 2.45) is 0 Å². The van der Waals surface area contributed by atoms with E-state index in [0.717, 1.165) is 0 Å². The van der Waals surface area contributed by atoms with Crippen LogP contribution < -0.4 is 0 Å². The van der Waals surface area contributed by atoms with Crippen LogP contribution in [0.1, 0.15) is 12.8 Å². The highest BCUT2D eigenvalue weighted by molar-refractivity contribution is 8.13. The third-order valence-electron chi connectivity index (χ3n) is 0.772. The van der Waals surface area contributed by atoms with Crippen molar-refractivity contribution in [1.82, 2.24) is 0 Å². The van der Waals surface area contributed by atoms with E-state index >= 15 is 0 Å². The number of alkyl halides is 1. The number of hydrogen-bond donors (Lipinski definition) is 0. The molecule has 0 unspecified atom stereocenters. The Balaban J connectivity index is 3.30. The topological polar surface area (TPSA) is 34.1 Å². The zero-order chi connectivity index (χ0) is 7.33. The van der Waals surface area contributed by atoms with Crippen molar-refractivity contribution in [2.75, 3.05) is 12.4 Å². The zero-order valence-electron chi connectivity index (χ0n) is 4.81. The Morgan fingerprint density at radius 1 is 1.33 bits per heavy atom. The van der Waals surface area contributed by atoms with Crippen molar-refractivity contribution >= 4 is 19.7 Å². The summed E-state index contributed by atoms with van der Waals surface area (Å²) >= 11 is 0. The molecule has 0 aliphatic rings. The van der Waals surface area contributed by atoms with Gasteiger partial charge in [-0.1, -0.05) is 0 Å². The fourth-order valence-corrected chi connectivity index (χ4v) is 1.25. The lowest BCUT2D eigenvalue weighted by atomic mass is 10.4. The lowest BCUT2D eigenvalue weighted by Gasteiger charge is -1.90. The maximum Gasteiger partial charge on any atom is 0.232 e. The summed E-state index contributed by atoms with van der Waals surface area (Å²) in [6, 6.07) is 0. The van der Waals surface area contributed by atoms with Gasteiger partial charge in [-0.3, -0.25) is 4.39 Å². The maximum atomic E-state index is 11.3. The molecule has 0 amide bonds. The van der Waals surface area contributed by atoms with Gasteiger partial charge in [0, 0.05) is 10.7 Å². The van der Waals surface area contributed by atoms with Crippen LogP contribution in [0.15, 0.2) is 0 Å². The molecule has 0 bridgehead atoms. The molecular formula is C4H8ClFO2S. The Labute approximate surface area is 58.4 Å². The van der Waals surface area contributed by atoms with Gasteiger partial charge in [-0.25, -0.2) is 8.42 Å². The van der Waals surface area contributed by atoms with Gasteiger partial charge in [0.1, 0.15) is 0 Å². The summed E-state index contributed by atoms with van der Waals surface area (Å²) in [5.41, 5.74) is 0. The van der Waals surface area contributed by atoms with Crippen molar-refractivity contribution < 1.29 is 12.8 Å². The van der Waals surface area contributed by atoms with Gasteiger partial charge in [0.2, 0.25) is 9.05 Å². The Kier molecular flexibility index (Phi) is 4.14. The predicted molar refractivity (Wildman–Crippen MR) is 34.8 cm³/mol. The summed E-state index contributed by atoms with van der Waals surface area (Å²) in [6.45, 7) is -0.480. The summed E-state index contributed by atoms with van der Waals surface area (Å²) < 4.78 is 31.6. The summed E-state index contributed by atoms with van der Waals surface area (Å²) in [4.78, 5) is 0. The second-order valence-corrected chi connectivity index (χ2v) is 4.54. The highest BCUT2D eigenvalue weighted by Crippen LogP contribution is 2.00. The zero-order valence-corrected chi connectivity index (χ0v) is 6.38. The molecular weight excluding hydrogens is 167 g/mol. The first-order valence-electron chi connectivity index (χ1n) is 2.54. The molecule has 0 N–H and O–H groups in total. The number of unbranched alkanes of at least 4 members (excludes halogenated alkanes) is 1. The van der Waals surface area contributed by atoms with Gasteiger partial charge in [-0.2, -0.15) is 0 Å². The van der Waals surface area contributed by atoms with Gasteiger partial charge in [0.05, 0.1) is 12.4 Å². The Morgan fingerprint density at radius 3 is 2.22 bits per heavy atom. The fourth-order valence-electron chi connectivity index (χ4n) is 0.369. The van der Waals surface area contributed by atoms with Crippen LogP contribution in [0.25, 0.3) is 0 Å². The molecule has 0 aliphatic heterocycles. The first-order chi connectivity index (χ1) is 4.06. The predicted octanol–water partition coefficient (Wildman–Crippen LogP) is 1.30. The Hall–Kier alpha value is 0.170. The molecule has 0 aromatic carbocycles. The molecule has 0 atom stereocenters. The molecule has 0 saturated heterocycles. The summed E-state index contributed by atoms with van der Waals surface area (Å²) in [5.74, 6) is -0.127. The van der Waals surface area contributed by atoms with E-state index in [0.29, 0.717) is 6.42 Å². The van der Waals surface area contributed by atoms with E-state index in [1.807, 2.05) is 0 Å². The van der Waals surface area contributed by atoms with Crippen LogP contribution in [-0.2, 0) is 9.05 Å². The minimum absolute atomic E-state index is 0.127. The van der Waals surface area contributed by atoms with E-state index in [1.165, 1.54) is 0 Å². The second-order valence-electron chi connectivity index (χ2n) is 1.64. The lowest BCUT2D eigenvalue weighted by Crippen LogP contribution is -1.96. The molecule has 0 heterocycles. The molecule has 9 heavy (non-hydrogen) atoms.